The maximum atomic E-state index is 2.45. The summed E-state index contributed by atoms with van der Waals surface area (Å²) in [6, 6.07) is 0. The highest BCUT2D eigenvalue weighted by Crippen LogP contribution is 2.34. The van der Waals surface area contributed by atoms with E-state index in [9.17, 15) is 0 Å². The predicted octanol–water partition coefficient (Wildman–Crippen LogP) is 1.59. The van der Waals surface area contributed by atoms with Crippen LogP contribution in [-0.4, -0.2) is 19.9 Å². The molecule has 1 fully saturated rings. The van der Waals surface area contributed by atoms with Gasteiger partial charge in [-0.15, -0.1) is 7.80 Å². The van der Waals surface area contributed by atoms with Crippen molar-refractivity contribution >= 4 is 15.4 Å². The average Bonchev–Trinajstić information content (AvgIpc) is 1.94. The SMILES string of the molecule is BP1CCCCCC1. The van der Waals surface area contributed by atoms with Gasteiger partial charge in [0.1, 0.15) is 7.57 Å². The van der Waals surface area contributed by atoms with Crippen LogP contribution in [0.2, 0.25) is 0 Å². The summed E-state index contributed by atoms with van der Waals surface area (Å²) < 4.78 is 0. The highest BCUT2D eigenvalue weighted by Gasteiger charge is 2.04. The Morgan fingerprint density at radius 2 is 1.38 bits per heavy atom. The van der Waals surface area contributed by atoms with Crippen LogP contribution in [0, 0.1) is 0 Å². The smallest absolute Gasteiger partial charge is 0.134 e. The van der Waals surface area contributed by atoms with E-state index in [0.717, 1.165) is 0 Å². The molecule has 0 unspecified atom stereocenters. The van der Waals surface area contributed by atoms with Crippen molar-refractivity contribution in [2.45, 2.75) is 25.7 Å². The van der Waals surface area contributed by atoms with Crippen LogP contribution in [0.5, 0.6) is 0 Å². The molecule has 8 heavy (non-hydrogen) atoms. The number of hydrogen-bond donors (Lipinski definition) is 0. The van der Waals surface area contributed by atoms with Crippen molar-refractivity contribution in [2.24, 2.45) is 0 Å². The monoisotopic (exact) mass is 128 g/mol. The largest absolute Gasteiger partial charge is 0.149 e. The molecular formula is C6H14BP. The molecule has 1 aliphatic rings. The molecule has 0 aromatic rings. The molecule has 2 heteroatoms. The van der Waals surface area contributed by atoms with Crippen LogP contribution in [0.4, 0.5) is 0 Å². The topological polar surface area (TPSA) is 0 Å². The Morgan fingerprint density at radius 1 is 0.875 bits per heavy atom. The second-order valence-corrected chi connectivity index (χ2v) is 5.32. The summed E-state index contributed by atoms with van der Waals surface area (Å²) in [5.74, 6) is 0. The Labute approximate surface area is 54.2 Å². The predicted molar refractivity (Wildman–Crippen MR) is 43.7 cm³/mol. The lowest BCUT2D eigenvalue weighted by molar-refractivity contribution is 0.726. The molecule has 0 nitrogen and oxygen atoms in total. The maximum absolute atomic E-state index is 2.45. The van der Waals surface area contributed by atoms with Crippen molar-refractivity contribution in [3.8, 4) is 0 Å². The third kappa shape index (κ3) is 2.18. The van der Waals surface area contributed by atoms with E-state index < -0.39 is 0 Å². The fraction of sp³-hybridized carbons (Fsp3) is 1.00. The molecule has 1 rings (SSSR count). The van der Waals surface area contributed by atoms with E-state index in [1.54, 1.807) is 12.3 Å². The molecule has 1 aliphatic heterocycles. The lowest BCUT2D eigenvalue weighted by atomic mass is 10.2. The van der Waals surface area contributed by atoms with Gasteiger partial charge in [-0.1, -0.05) is 25.7 Å². The molecule has 0 aliphatic carbocycles. The van der Waals surface area contributed by atoms with Crippen molar-refractivity contribution in [1.82, 2.24) is 0 Å². The van der Waals surface area contributed by atoms with Crippen LogP contribution < -0.4 is 0 Å². The van der Waals surface area contributed by atoms with E-state index in [2.05, 4.69) is 7.57 Å². The first-order valence-corrected chi connectivity index (χ1v) is 5.74. The number of rotatable bonds is 0. The first-order chi connectivity index (χ1) is 3.89. The molecule has 0 amide bonds. The summed E-state index contributed by atoms with van der Waals surface area (Å²) in [4.78, 5) is 0. The van der Waals surface area contributed by atoms with Crippen molar-refractivity contribution in [3.05, 3.63) is 0 Å². The van der Waals surface area contributed by atoms with Crippen molar-refractivity contribution < 1.29 is 0 Å². The van der Waals surface area contributed by atoms with Crippen molar-refractivity contribution in [2.75, 3.05) is 12.3 Å². The van der Waals surface area contributed by atoms with Gasteiger partial charge in [-0.2, -0.15) is 0 Å². The first-order valence-electron chi connectivity index (χ1n) is 3.58. The summed E-state index contributed by atoms with van der Waals surface area (Å²) in [5.41, 5.74) is 0. The molecule has 1 heterocycles. The van der Waals surface area contributed by atoms with Crippen molar-refractivity contribution in [3.63, 3.8) is 0 Å². The Balaban J connectivity index is 2.17. The van der Waals surface area contributed by atoms with Gasteiger partial charge in [-0.05, 0) is 12.3 Å². The van der Waals surface area contributed by atoms with E-state index in [1.165, 1.54) is 25.7 Å². The fourth-order valence-electron chi connectivity index (χ4n) is 1.23. The van der Waals surface area contributed by atoms with E-state index in [4.69, 9.17) is 0 Å². The molecule has 0 aromatic heterocycles. The minimum absolute atomic E-state index is 0.482. The Morgan fingerprint density at radius 3 is 1.88 bits per heavy atom. The molecule has 0 N–H and O–H groups in total. The zero-order valence-electron chi connectivity index (χ0n) is 5.69. The van der Waals surface area contributed by atoms with Gasteiger partial charge in [-0.3, -0.25) is 0 Å². The zero-order valence-corrected chi connectivity index (χ0v) is 6.58. The minimum Gasteiger partial charge on any atom is -0.149 e. The average molecular weight is 128 g/mol. The summed E-state index contributed by atoms with van der Waals surface area (Å²) in [7, 11) is 2.93. The van der Waals surface area contributed by atoms with E-state index in [-0.39, 0.29) is 0 Å². The van der Waals surface area contributed by atoms with Crippen LogP contribution >= 0.6 is 7.80 Å². The Hall–Kier alpha value is 0.495. The normalized spacial score (nSPS) is 25.0. The molecule has 0 spiro atoms. The summed E-state index contributed by atoms with van der Waals surface area (Å²) >= 11 is 0. The maximum Gasteiger partial charge on any atom is 0.134 e. The van der Waals surface area contributed by atoms with Crippen LogP contribution in [0.15, 0.2) is 0 Å². The van der Waals surface area contributed by atoms with Gasteiger partial charge in [0, 0.05) is 0 Å². The molecule has 0 saturated carbocycles. The van der Waals surface area contributed by atoms with Crippen LogP contribution in [0.3, 0.4) is 0 Å². The Kier molecular flexibility index (Phi) is 2.90. The lowest BCUT2D eigenvalue weighted by Crippen LogP contribution is -1.82. The molecule has 0 radical (unpaired) electrons. The highest BCUT2D eigenvalue weighted by atomic mass is 31.1. The zero-order chi connectivity index (χ0) is 5.82. The minimum atomic E-state index is 0.482. The van der Waals surface area contributed by atoms with Crippen LogP contribution in [0.1, 0.15) is 25.7 Å². The number of hydrogen-bond acceptors (Lipinski definition) is 0. The quantitative estimate of drug-likeness (QED) is 0.343. The summed E-state index contributed by atoms with van der Waals surface area (Å²) in [5, 5.41) is 0. The van der Waals surface area contributed by atoms with E-state index in [0.29, 0.717) is 7.80 Å². The standard InChI is InChI=1S/C6H14BP/c7-8-5-3-1-2-4-6-8/h1-7H2. The molecule has 0 atom stereocenters. The van der Waals surface area contributed by atoms with Crippen LogP contribution in [-0.2, 0) is 0 Å². The molecule has 46 valence electrons. The van der Waals surface area contributed by atoms with E-state index >= 15 is 0 Å². The third-order valence-electron chi connectivity index (χ3n) is 1.83. The second-order valence-electron chi connectivity index (χ2n) is 2.72. The third-order valence-corrected chi connectivity index (χ3v) is 3.99. The van der Waals surface area contributed by atoms with Gasteiger partial charge < -0.3 is 0 Å². The van der Waals surface area contributed by atoms with Gasteiger partial charge in [-0.25, -0.2) is 0 Å². The van der Waals surface area contributed by atoms with Gasteiger partial charge in [0.15, 0.2) is 0 Å². The molecule has 1 saturated heterocycles. The summed E-state index contributed by atoms with van der Waals surface area (Å²) in [6.07, 6.45) is 9.15. The van der Waals surface area contributed by atoms with E-state index in [1.807, 2.05) is 0 Å². The van der Waals surface area contributed by atoms with Gasteiger partial charge >= 0.3 is 0 Å². The van der Waals surface area contributed by atoms with Gasteiger partial charge in [0.25, 0.3) is 0 Å². The molecule has 0 aromatic carbocycles. The molecule has 0 bridgehead atoms. The fourth-order valence-corrected chi connectivity index (χ4v) is 2.98. The molecular weight excluding hydrogens is 114 g/mol. The Bertz CT molecular complexity index is 57.5. The second kappa shape index (κ2) is 3.51. The van der Waals surface area contributed by atoms with Gasteiger partial charge in [0.2, 0.25) is 0 Å². The van der Waals surface area contributed by atoms with Crippen molar-refractivity contribution in [1.29, 1.82) is 0 Å². The lowest BCUT2D eigenvalue weighted by Gasteiger charge is -2.04. The highest BCUT2D eigenvalue weighted by molar-refractivity contribution is 7.82. The first kappa shape index (κ1) is 6.61. The van der Waals surface area contributed by atoms with Crippen LogP contribution in [0.25, 0.3) is 0 Å². The summed E-state index contributed by atoms with van der Waals surface area (Å²) in [6.45, 7) is 0. The van der Waals surface area contributed by atoms with Gasteiger partial charge in [0.05, 0.1) is 0 Å².